The van der Waals surface area contributed by atoms with Crippen LogP contribution in [0.2, 0.25) is 0 Å². The SMILES string of the molecule is CC(=NNC(=O)C(=O)Nc1c(C)cccc1C)c1ccc(OCc2ccccc2)cc1. The van der Waals surface area contributed by atoms with Crippen molar-refractivity contribution in [2.75, 3.05) is 5.32 Å². The van der Waals surface area contributed by atoms with Gasteiger partial charge in [-0.05, 0) is 67.3 Å². The van der Waals surface area contributed by atoms with Crippen LogP contribution in [-0.2, 0) is 16.2 Å². The fraction of sp³-hybridized carbons (Fsp3) is 0.160. The van der Waals surface area contributed by atoms with E-state index >= 15 is 0 Å². The summed E-state index contributed by atoms with van der Waals surface area (Å²) in [6, 6.07) is 22.9. The molecule has 0 unspecified atom stereocenters. The Hall–Kier alpha value is -3.93. The predicted octanol–water partition coefficient (Wildman–Crippen LogP) is 4.36. The number of rotatable bonds is 6. The number of ether oxygens (including phenoxy) is 1. The van der Waals surface area contributed by atoms with Crippen LogP contribution in [-0.4, -0.2) is 17.5 Å². The molecule has 0 radical (unpaired) electrons. The average Bonchev–Trinajstić information content (AvgIpc) is 2.79. The second-order valence-corrected chi connectivity index (χ2v) is 7.16. The molecule has 0 bridgehead atoms. The van der Waals surface area contributed by atoms with Gasteiger partial charge in [-0.3, -0.25) is 9.59 Å². The van der Waals surface area contributed by atoms with Gasteiger partial charge in [-0.15, -0.1) is 0 Å². The molecule has 0 saturated heterocycles. The number of hydrogen-bond donors (Lipinski definition) is 2. The van der Waals surface area contributed by atoms with Gasteiger partial charge in [0.15, 0.2) is 0 Å². The summed E-state index contributed by atoms with van der Waals surface area (Å²) in [7, 11) is 0. The quantitative estimate of drug-likeness (QED) is 0.357. The van der Waals surface area contributed by atoms with Gasteiger partial charge in [-0.25, -0.2) is 5.43 Å². The molecule has 0 heterocycles. The fourth-order valence-corrected chi connectivity index (χ4v) is 2.97. The zero-order chi connectivity index (χ0) is 22.2. The van der Waals surface area contributed by atoms with Crippen LogP contribution >= 0.6 is 0 Å². The number of para-hydroxylation sites is 1. The summed E-state index contributed by atoms with van der Waals surface area (Å²) >= 11 is 0. The maximum atomic E-state index is 12.2. The van der Waals surface area contributed by atoms with Gasteiger partial charge < -0.3 is 10.1 Å². The van der Waals surface area contributed by atoms with E-state index < -0.39 is 11.8 Å². The third-order valence-corrected chi connectivity index (χ3v) is 4.77. The second-order valence-electron chi connectivity index (χ2n) is 7.16. The highest BCUT2D eigenvalue weighted by Crippen LogP contribution is 2.19. The summed E-state index contributed by atoms with van der Waals surface area (Å²) in [6.45, 7) is 5.98. The van der Waals surface area contributed by atoms with Crippen LogP contribution in [0.15, 0.2) is 77.9 Å². The molecule has 6 heteroatoms. The molecule has 0 atom stereocenters. The molecule has 0 aliphatic heterocycles. The van der Waals surface area contributed by atoms with E-state index in [9.17, 15) is 9.59 Å². The Kier molecular flexibility index (Phi) is 7.17. The molecule has 0 saturated carbocycles. The number of carbonyl (C=O) groups excluding carboxylic acids is 2. The lowest BCUT2D eigenvalue weighted by molar-refractivity contribution is -0.136. The third-order valence-electron chi connectivity index (χ3n) is 4.77. The molecule has 3 aromatic carbocycles. The van der Waals surface area contributed by atoms with Gasteiger partial charge in [0.25, 0.3) is 0 Å². The number of hydrazone groups is 1. The van der Waals surface area contributed by atoms with E-state index in [1.54, 1.807) is 6.92 Å². The van der Waals surface area contributed by atoms with Crippen LogP contribution < -0.4 is 15.5 Å². The van der Waals surface area contributed by atoms with Crippen LogP contribution in [0.25, 0.3) is 0 Å². The third kappa shape index (κ3) is 6.02. The lowest BCUT2D eigenvalue weighted by Gasteiger charge is -2.10. The molecule has 0 fully saturated rings. The zero-order valence-corrected chi connectivity index (χ0v) is 17.8. The molecular weight excluding hydrogens is 390 g/mol. The number of nitrogens with one attached hydrogen (secondary N) is 2. The molecule has 0 aromatic heterocycles. The Morgan fingerprint density at radius 2 is 1.48 bits per heavy atom. The zero-order valence-electron chi connectivity index (χ0n) is 17.8. The highest BCUT2D eigenvalue weighted by atomic mass is 16.5. The van der Waals surface area contributed by atoms with Crippen molar-refractivity contribution < 1.29 is 14.3 Å². The van der Waals surface area contributed by atoms with Gasteiger partial charge in [0.1, 0.15) is 12.4 Å². The first-order valence-corrected chi connectivity index (χ1v) is 9.93. The standard InChI is InChI=1S/C25H25N3O3/c1-17-8-7-9-18(2)23(17)26-24(29)25(30)28-27-19(3)21-12-14-22(15-13-21)31-16-20-10-5-4-6-11-20/h4-15H,16H2,1-3H3,(H,26,29)(H,28,30). The molecule has 3 rings (SSSR count). The van der Waals surface area contributed by atoms with Crippen molar-refractivity contribution in [1.29, 1.82) is 0 Å². The van der Waals surface area contributed by atoms with Crippen molar-refractivity contribution in [3.63, 3.8) is 0 Å². The van der Waals surface area contributed by atoms with Crippen LogP contribution in [0.5, 0.6) is 5.75 Å². The van der Waals surface area contributed by atoms with Gasteiger partial charge in [-0.1, -0.05) is 48.5 Å². The Balaban J connectivity index is 1.55. The number of anilines is 1. The van der Waals surface area contributed by atoms with E-state index in [-0.39, 0.29) is 0 Å². The maximum absolute atomic E-state index is 12.2. The van der Waals surface area contributed by atoms with E-state index in [4.69, 9.17) is 4.74 Å². The summed E-state index contributed by atoms with van der Waals surface area (Å²) < 4.78 is 5.77. The summed E-state index contributed by atoms with van der Waals surface area (Å²) in [5.41, 5.74) is 7.18. The number of amides is 2. The number of aryl methyl sites for hydroxylation is 2. The van der Waals surface area contributed by atoms with Crippen molar-refractivity contribution in [2.24, 2.45) is 5.10 Å². The van der Waals surface area contributed by atoms with Gasteiger partial charge in [0, 0.05) is 5.69 Å². The average molecular weight is 415 g/mol. The van der Waals surface area contributed by atoms with Gasteiger partial charge in [0.2, 0.25) is 0 Å². The second kappa shape index (κ2) is 10.2. The number of nitrogens with zero attached hydrogens (tertiary/aromatic N) is 1. The number of carbonyl (C=O) groups is 2. The Bertz CT molecular complexity index is 1070. The molecule has 0 aliphatic carbocycles. The van der Waals surface area contributed by atoms with Crippen molar-refractivity contribution in [3.05, 3.63) is 95.1 Å². The topological polar surface area (TPSA) is 79.8 Å². The van der Waals surface area contributed by atoms with Crippen molar-refractivity contribution >= 4 is 23.2 Å². The maximum Gasteiger partial charge on any atom is 0.329 e. The minimum atomic E-state index is -0.829. The minimum Gasteiger partial charge on any atom is -0.489 e. The summed E-state index contributed by atoms with van der Waals surface area (Å²) in [5.74, 6) is -0.860. The fourth-order valence-electron chi connectivity index (χ4n) is 2.97. The minimum absolute atomic E-state index is 0.485. The molecule has 0 aliphatic rings. The monoisotopic (exact) mass is 415 g/mol. The van der Waals surface area contributed by atoms with E-state index in [2.05, 4.69) is 15.8 Å². The van der Waals surface area contributed by atoms with Crippen molar-refractivity contribution in [1.82, 2.24) is 5.43 Å². The molecule has 6 nitrogen and oxygen atoms in total. The van der Waals surface area contributed by atoms with Crippen molar-refractivity contribution in [3.8, 4) is 5.75 Å². The largest absolute Gasteiger partial charge is 0.489 e. The van der Waals surface area contributed by atoms with E-state index in [1.165, 1.54) is 0 Å². The predicted molar refractivity (Wildman–Crippen MR) is 122 cm³/mol. The Morgan fingerprint density at radius 1 is 0.839 bits per heavy atom. The highest BCUT2D eigenvalue weighted by molar-refractivity contribution is 6.39. The van der Waals surface area contributed by atoms with Gasteiger partial charge >= 0.3 is 11.8 Å². The Morgan fingerprint density at radius 3 is 2.13 bits per heavy atom. The highest BCUT2D eigenvalue weighted by Gasteiger charge is 2.15. The van der Waals surface area contributed by atoms with Crippen molar-refractivity contribution in [2.45, 2.75) is 27.4 Å². The first-order valence-electron chi connectivity index (χ1n) is 9.93. The van der Waals surface area contributed by atoms with Crippen LogP contribution in [0.3, 0.4) is 0 Å². The molecule has 2 N–H and O–H groups in total. The van der Waals surface area contributed by atoms with Crippen LogP contribution in [0, 0.1) is 13.8 Å². The summed E-state index contributed by atoms with van der Waals surface area (Å²) in [6.07, 6.45) is 0. The molecular formula is C25H25N3O3. The molecule has 3 aromatic rings. The lowest BCUT2D eigenvalue weighted by atomic mass is 10.1. The molecule has 2 amide bonds. The molecule has 0 spiro atoms. The molecule has 158 valence electrons. The lowest BCUT2D eigenvalue weighted by Crippen LogP contribution is -2.33. The first-order chi connectivity index (χ1) is 14.9. The van der Waals surface area contributed by atoms with Gasteiger partial charge in [-0.2, -0.15) is 5.10 Å². The molecule has 31 heavy (non-hydrogen) atoms. The summed E-state index contributed by atoms with van der Waals surface area (Å²) in [4.78, 5) is 24.3. The normalized spacial score (nSPS) is 11.0. The first kappa shape index (κ1) is 21.8. The summed E-state index contributed by atoms with van der Waals surface area (Å²) in [5, 5.41) is 6.68. The smallest absolute Gasteiger partial charge is 0.329 e. The van der Waals surface area contributed by atoms with E-state index in [0.29, 0.717) is 18.0 Å². The van der Waals surface area contributed by atoms with Crippen LogP contribution in [0.1, 0.15) is 29.2 Å². The van der Waals surface area contributed by atoms with E-state index in [1.807, 2.05) is 86.6 Å². The number of benzene rings is 3. The Labute approximate surface area is 182 Å². The van der Waals surface area contributed by atoms with E-state index in [0.717, 1.165) is 28.0 Å². The number of hydrogen-bond acceptors (Lipinski definition) is 4. The van der Waals surface area contributed by atoms with Crippen LogP contribution in [0.4, 0.5) is 5.69 Å². The van der Waals surface area contributed by atoms with Gasteiger partial charge in [0.05, 0.1) is 5.71 Å².